The van der Waals surface area contributed by atoms with Crippen molar-refractivity contribution in [2.45, 2.75) is 26.8 Å². The van der Waals surface area contributed by atoms with Crippen LogP contribution in [0.25, 0.3) is 0 Å². The number of amides is 1. The van der Waals surface area contributed by atoms with Crippen LogP contribution < -0.4 is 10.1 Å². The molecule has 0 bridgehead atoms. The summed E-state index contributed by atoms with van der Waals surface area (Å²) in [5.41, 5.74) is 0.942. The number of hydrogen-bond donors (Lipinski definition) is 2. The maximum absolute atomic E-state index is 11.8. The van der Waals surface area contributed by atoms with Gasteiger partial charge in [0, 0.05) is 6.54 Å². The Kier molecular flexibility index (Phi) is 4.83. The van der Waals surface area contributed by atoms with E-state index in [9.17, 15) is 9.59 Å². The molecule has 0 saturated heterocycles. The van der Waals surface area contributed by atoms with Gasteiger partial charge in [0.15, 0.2) is 0 Å². The summed E-state index contributed by atoms with van der Waals surface area (Å²) in [6, 6.07) is 7.57. The van der Waals surface area contributed by atoms with Crippen LogP contribution in [0.2, 0.25) is 0 Å². The number of hydrogen-bond acceptors (Lipinski definition) is 3. The molecule has 1 aliphatic rings. The van der Waals surface area contributed by atoms with Gasteiger partial charge in [0.2, 0.25) is 5.91 Å². The number of ether oxygens (including phenoxy) is 1. The molecule has 21 heavy (non-hydrogen) atoms. The van der Waals surface area contributed by atoms with Crippen molar-refractivity contribution in [3.8, 4) is 5.75 Å². The molecule has 0 spiro atoms. The predicted molar refractivity (Wildman–Crippen MR) is 77.9 cm³/mol. The van der Waals surface area contributed by atoms with E-state index in [1.165, 1.54) is 0 Å². The van der Waals surface area contributed by atoms with Crippen LogP contribution in [0.3, 0.4) is 0 Å². The van der Waals surface area contributed by atoms with Crippen molar-refractivity contribution in [2.24, 2.45) is 17.8 Å². The van der Waals surface area contributed by atoms with Gasteiger partial charge in [0.25, 0.3) is 0 Å². The average molecular weight is 291 g/mol. The standard InChI is InChI=1S/C16H21NO4/c1-10(2)9-21-12-5-3-4-11(6-12)8-17-15(18)13-7-14(13)16(19)20/h3-6,10,13-14H,7-9H2,1-2H3,(H,17,18)(H,19,20). The molecule has 1 aromatic carbocycles. The van der Waals surface area contributed by atoms with Crippen LogP contribution >= 0.6 is 0 Å². The first-order valence-electron chi connectivity index (χ1n) is 7.19. The Hall–Kier alpha value is -2.04. The third-order valence-electron chi connectivity index (χ3n) is 3.39. The van der Waals surface area contributed by atoms with Gasteiger partial charge in [-0.25, -0.2) is 0 Å². The molecule has 114 valence electrons. The van der Waals surface area contributed by atoms with E-state index in [-0.39, 0.29) is 11.8 Å². The Morgan fingerprint density at radius 2 is 2.14 bits per heavy atom. The minimum absolute atomic E-state index is 0.184. The largest absolute Gasteiger partial charge is 0.493 e. The number of carboxylic acid groups (broad SMARTS) is 1. The lowest BCUT2D eigenvalue weighted by molar-refractivity contribution is -0.140. The van der Waals surface area contributed by atoms with E-state index < -0.39 is 11.9 Å². The molecule has 5 nitrogen and oxygen atoms in total. The number of rotatable bonds is 7. The number of nitrogens with one attached hydrogen (secondary N) is 1. The van der Waals surface area contributed by atoms with Gasteiger partial charge >= 0.3 is 5.97 Å². The van der Waals surface area contributed by atoms with Crippen LogP contribution in [0.15, 0.2) is 24.3 Å². The van der Waals surface area contributed by atoms with Crippen molar-refractivity contribution in [1.82, 2.24) is 5.32 Å². The van der Waals surface area contributed by atoms with E-state index in [1.54, 1.807) is 0 Å². The van der Waals surface area contributed by atoms with E-state index >= 15 is 0 Å². The summed E-state index contributed by atoms with van der Waals surface area (Å²) in [4.78, 5) is 22.5. The van der Waals surface area contributed by atoms with Gasteiger partial charge in [0.05, 0.1) is 18.4 Å². The van der Waals surface area contributed by atoms with Crippen molar-refractivity contribution in [3.63, 3.8) is 0 Å². The van der Waals surface area contributed by atoms with Gasteiger partial charge in [-0.2, -0.15) is 0 Å². The third-order valence-corrected chi connectivity index (χ3v) is 3.39. The molecule has 1 fully saturated rings. The van der Waals surface area contributed by atoms with Gasteiger partial charge in [-0.3, -0.25) is 9.59 Å². The van der Waals surface area contributed by atoms with Crippen molar-refractivity contribution in [3.05, 3.63) is 29.8 Å². The first-order chi connectivity index (χ1) is 9.97. The number of benzene rings is 1. The molecular formula is C16H21NO4. The van der Waals surface area contributed by atoms with Crippen LogP contribution in [-0.2, 0) is 16.1 Å². The fraction of sp³-hybridized carbons (Fsp3) is 0.500. The average Bonchev–Trinajstić information content (AvgIpc) is 3.23. The maximum Gasteiger partial charge on any atom is 0.307 e. The molecule has 1 aliphatic carbocycles. The van der Waals surface area contributed by atoms with Gasteiger partial charge in [-0.1, -0.05) is 26.0 Å². The van der Waals surface area contributed by atoms with E-state index in [2.05, 4.69) is 19.2 Å². The molecule has 1 aromatic rings. The second-order valence-electron chi connectivity index (χ2n) is 5.86. The fourth-order valence-electron chi connectivity index (χ4n) is 2.09. The molecule has 5 heteroatoms. The second-order valence-corrected chi connectivity index (χ2v) is 5.86. The van der Waals surface area contributed by atoms with E-state index in [4.69, 9.17) is 9.84 Å². The van der Waals surface area contributed by atoms with Crippen LogP contribution in [0.4, 0.5) is 0 Å². The SMILES string of the molecule is CC(C)COc1cccc(CNC(=O)C2CC2C(=O)O)c1. The van der Waals surface area contributed by atoms with Crippen LogP contribution in [0.1, 0.15) is 25.8 Å². The molecule has 0 aromatic heterocycles. The Morgan fingerprint density at radius 1 is 1.38 bits per heavy atom. The quantitative estimate of drug-likeness (QED) is 0.806. The minimum atomic E-state index is -0.890. The number of carboxylic acids is 1. The van der Waals surface area contributed by atoms with Crippen molar-refractivity contribution in [2.75, 3.05) is 6.61 Å². The lowest BCUT2D eigenvalue weighted by Crippen LogP contribution is -2.25. The molecule has 2 N–H and O–H groups in total. The van der Waals surface area contributed by atoms with Crippen LogP contribution in [0, 0.1) is 17.8 Å². The monoisotopic (exact) mass is 291 g/mol. The molecule has 0 aliphatic heterocycles. The highest BCUT2D eigenvalue weighted by atomic mass is 16.5. The van der Waals surface area contributed by atoms with E-state index in [0.717, 1.165) is 11.3 Å². The molecule has 1 saturated carbocycles. The summed E-state index contributed by atoms with van der Waals surface area (Å²) in [5.74, 6) is -0.717. The topological polar surface area (TPSA) is 75.6 Å². The number of aliphatic carboxylic acids is 1. The normalized spacial score (nSPS) is 20.1. The zero-order chi connectivity index (χ0) is 15.4. The third kappa shape index (κ3) is 4.48. The lowest BCUT2D eigenvalue weighted by Gasteiger charge is -2.10. The maximum atomic E-state index is 11.8. The smallest absolute Gasteiger partial charge is 0.307 e. The summed E-state index contributed by atoms with van der Waals surface area (Å²) < 4.78 is 5.63. The Balaban J connectivity index is 1.82. The first kappa shape index (κ1) is 15.4. The summed E-state index contributed by atoms with van der Waals surface area (Å²) >= 11 is 0. The highest BCUT2D eigenvalue weighted by Crippen LogP contribution is 2.38. The Morgan fingerprint density at radius 3 is 2.76 bits per heavy atom. The minimum Gasteiger partial charge on any atom is -0.493 e. The Labute approximate surface area is 124 Å². The molecule has 2 atom stereocenters. The zero-order valence-corrected chi connectivity index (χ0v) is 12.3. The second kappa shape index (κ2) is 6.61. The van der Waals surface area contributed by atoms with Gasteiger partial charge in [-0.15, -0.1) is 0 Å². The number of carbonyl (C=O) groups is 2. The van der Waals surface area contributed by atoms with Crippen LogP contribution in [-0.4, -0.2) is 23.6 Å². The number of carbonyl (C=O) groups excluding carboxylic acids is 1. The summed E-state index contributed by atoms with van der Waals surface area (Å²) in [5, 5.41) is 11.6. The molecule has 0 heterocycles. The van der Waals surface area contributed by atoms with Gasteiger partial charge in [-0.05, 0) is 30.0 Å². The highest BCUT2D eigenvalue weighted by molar-refractivity contribution is 5.89. The molecule has 2 unspecified atom stereocenters. The van der Waals surface area contributed by atoms with Gasteiger partial charge < -0.3 is 15.2 Å². The van der Waals surface area contributed by atoms with Crippen molar-refractivity contribution in [1.29, 1.82) is 0 Å². The molecule has 2 rings (SSSR count). The Bertz CT molecular complexity index is 527. The van der Waals surface area contributed by atoms with Gasteiger partial charge in [0.1, 0.15) is 5.75 Å². The highest BCUT2D eigenvalue weighted by Gasteiger charge is 2.48. The van der Waals surface area contributed by atoms with E-state index in [1.807, 2.05) is 24.3 Å². The van der Waals surface area contributed by atoms with Crippen molar-refractivity contribution < 1.29 is 19.4 Å². The molecule has 0 radical (unpaired) electrons. The predicted octanol–water partition coefficient (Wildman–Crippen LogP) is 2.06. The van der Waals surface area contributed by atoms with E-state index in [0.29, 0.717) is 25.5 Å². The summed E-state index contributed by atoms with van der Waals surface area (Å²) in [7, 11) is 0. The molecular weight excluding hydrogens is 270 g/mol. The van der Waals surface area contributed by atoms with Crippen LogP contribution in [0.5, 0.6) is 5.75 Å². The van der Waals surface area contributed by atoms with Crippen molar-refractivity contribution >= 4 is 11.9 Å². The first-order valence-corrected chi connectivity index (χ1v) is 7.19. The molecule has 1 amide bonds. The summed E-state index contributed by atoms with van der Waals surface area (Å²) in [6.45, 7) is 5.20. The summed E-state index contributed by atoms with van der Waals surface area (Å²) in [6.07, 6.45) is 0.443. The fourth-order valence-corrected chi connectivity index (χ4v) is 2.09. The lowest BCUT2D eigenvalue weighted by atomic mass is 10.2. The zero-order valence-electron chi connectivity index (χ0n) is 12.3.